The van der Waals surface area contributed by atoms with E-state index in [2.05, 4.69) is 29.1 Å². The number of nitrogens with two attached hydrogens (primary N) is 1. The van der Waals surface area contributed by atoms with Gasteiger partial charge in [-0.25, -0.2) is 4.98 Å². The second-order valence-electron chi connectivity index (χ2n) is 7.55. The normalized spacial score (nSPS) is 15.1. The summed E-state index contributed by atoms with van der Waals surface area (Å²) in [6, 6.07) is 3.79. The minimum Gasteiger partial charge on any atom is -0.493 e. The Bertz CT molecular complexity index is 847. The van der Waals surface area contributed by atoms with Crippen LogP contribution in [-0.2, 0) is 4.79 Å². The molecule has 2 aromatic rings. The van der Waals surface area contributed by atoms with Crippen LogP contribution in [-0.4, -0.2) is 54.1 Å². The maximum Gasteiger partial charge on any atom is 0.225 e. The number of nitrogens with one attached hydrogen (secondary N) is 1. The number of piperidine rings is 1. The molecular weight excluding hydrogens is 358 g/mol. The molecule has 28 heavy (non-hydrogen) atoms. The van der Waals surface area contributed by atoms with Gasteiger partial charge in [-0.05, 0) is 24.8 Å². The molecule has 1 aromatic heterocycles. The molecule has 1 aliphatic rings. The zero-order valence-electron chi connectivity index (χ0n) is 17.0. The van der Waals surface area contributed by atoms with Gasteiger partial charge < -0.3 is 25.4 Å². The largest absolute Gasteiger partial charge is 0.493 e. The van der Waals surface area contributed by atoms with E-state index in [1.54, 1.807) is 26.4 Å². The van der Waals surface area contributed by atoms with E-state index in [4.69, 9.17) is 15.2 Å². The lowest BCUT2D eigenvalue weighted by molar-refractivity contribution is -0.132. The summed E-state index contributed by atoms with van der Waals surface area (Å²) in [4.78, 5) is 23.2. The van der Waals surface area contributed by atoms with Gasteiger partial charge in [0.05, 0.1) is 19.7 Å². The summed E-state index contributed by atoms with van der Waals surface area (Å²) in [5, 5.41) is 4.09. The van der Waals surface area contributed by atoms with Gasteiger partial charge in [0.2, 0.25) is 11.9 Å². The molecule has 8 nitrogen and oxygen atoms in total. The average Bonchev–Trinajstić information content (AvgIpc) is 2.67. The molecule has 152 valence electrons. The zero-order valence-corrected chi connectivity index (χ0v) is 17.0. The van der Waals surface area contributed by atoms with E-state index in [9.17, 15) is 4.79 Å². The van der Waals surface area contributed by atoms with Crippen molar-refractivity contribution in [2.24, 2.45) is 5.92 Å². The summed E-state index contributed by atoms with van der Waals surface area (Å²) in [7, 11) is 3.16. The molecular formula is C20H29N5O3. The Labute approximate surface area is 165 Å². The summed E-state index contributed by atoms with van der Waals surface area (Å²) < 4.78 is 10.7. The van der Waals surface area contributed by atoms with Crippen LogP contribution >= 0.6 is 0 Å². The van der Waals surface area contributed by atoms with Crippen molar-refractivity contribution in [2.45, 2.75) is 39.2 Å². The Morgan fingerprint density at radius 2 is 1.86 bits per heavy atom. The number of fused-ring (bicyclic) bond motifs is 1. The number of likely N-dealkylation sites (tertiary alicyclic amines) is 1. The monoisotopic (exact) mass is 387 g/mol. The standard InChI is InChI=1S/C20H29N5O3/c1-12(2)9-18(26)25-7-5-13(6-8-25)22-20-23-15-11-17(28-4)16(27-3)10-14(15)19(21)24-20/h10-13H,5-9H2,1-4H3,(H3,21,22,23,24). The number of nitrogen functional groups attached to an aromatic ring is 1. The number of carbonyl (C=O) groups excluding carboxylic acids is 1. The molecule has 3 N–H and O–H groups in total. The van der Waals surface area contributed by atoms with Crippen LogP contribution in [0.1, 0.15) is 33.1 Å². The van der Waals surface area contributed by atoms with Crippen LogP contribution in [0.25, 0.3) is 10.9 Å². The highest BCUT2D eigenvalue weighted by atomic mass is 16.5. The van der Waals surface area contributed by atoms with Crippen molar-refractivity contribution >= 4 is 28.6 Å². The smallest absolute Gasteiger partial charge is 0.225 e. The van der Waals surface area contributed by atoms with E-state index in [0.29, 0.717) is 41.1 Å². The number of methoxy groups -OCH3 is 2. The molecule has 0 atom stereocenters. The van der Waals surface area contributed by atoms with Crippen molar-refractivity contribution in [1.82, 2.24) is 14.9 Å². The summed E-state index contributed by atoms with van der Waals surface area (Å²) in [6.45, 7) is 5.63. The molecule has 1 saturated heterocycles. The van der Waals surface area contributed by atoms with Crippen molar-refractivity contribution in [3.8, 4) is 11.5 Å². The fourth-order valence-corrected chi connectivity index (χ4v) is 3.48. The SMILES string of the molecule is COc1cc2nc(NC3CCN(C(=O)CC(C)C)CC3)nc(N)c2cc1OC. The molecule has 2 heterocycles. The van der Waals surface area contributed by atoms with Crippen LogP contribution in [0.3, 0.4) is 0 Å². The van der Waals surface area contributed by atoms with E-state index in [1.807, 2.05) is 4.90 Å². The summed E-state index contributed by atoms with van der Waals surface area (Å²) in [5.74, 6) is 2.68. The first-order chi connectivity index (χ1) is 13.4. The second kappa shape index (κ2) is 8.50. The van der Waals surface area contributed by atoms with E-state index in [0.717, 1.165) is 31.3 Å². The minimum atomic E-state index is 0.208. The number of nitrogens with zero attached hydrogens (tertiary/aromatic N) is 3. The van der Waals surface area contributed by atoms with E-state index >= 15 is 0 Å². The number of amides is 1. The van der Waals surface area contributed by atoms with Gasteiger partial charge in [0.25, 0.3) is 0 Å². The number of ether oxygens (including phenoxy) is 2. The Hall–Kier alpha value is -2.77. The topological polar surface area (TPSA) is 103 Å². The van der Waals surface area contributed by atoms with Crippen LogP contribution in [0, 0.1) is 5.92 Å². The fraction of sp³-hybridized carbons (Fsp3) is 0.550. The molecule has 0 radical (unpaired) electrons. The zero-order chi connectivity index (χ0) is 20.3. The van der Waals surface area contributed by atoms with Gasteiger partial charge in [-0.1, -0.05) is 13.8 Å². The van der Waals surface area contributed by atoms with Gasteiger partial charge in [-0.2, -0.15) is 4.98 Å². The van der Waals surface area contributed by atoms with Crippen molar-refractivity contribution in [2.75, 3.05) is 38.4 Å². The number of aromatic nitrogens is 2. The second-order valence-corrected chi connectivity index (χ2v) is 7.55. The quantitative estimate of drug-likeness (QED) is 0.785. The van der Waals surface area contributed by atoms with Gasteiger partial charge in [0, 0.05) is 37.0 Å². The van der Waals surface area contributed by atoms with E-state index in [1.165, 1.54) is 0 Å². The van der Waals surface area contributed by atoms with Crippen molar-refractivity contribution in [3.63, 3.8) is 0 Å². The maximum absolute atomic E-state index is 12.2. The predicted octanol–water partition coefficient (Wildman–Crippen LogP) is 2.68. The molecule has 0 spiro atoms. The molecule has 1 aliphatic heterocycles. The van der Waals surface area contributed by atoms with E-state index in [-0.39, 0.29) is 11.9 Å². The number of anilines is 2. The molecule has 1 fully saturated rings. The molecule has 0 saturated carbocycles. The predicted molar refractivity (Wildman–Crippen MR) is 110 cm³/mol. The van der Waals surface area contributed by atoms with Gasteiger partial charge in [-0.3, -0.25) is 4.79 Å². The van der Waals surface area contributed by atoms with Crippen LogP contribution in [0.2, 0.25) is 0 Å². The van der Waals surface area contributed by atoms with Crippen molar-refractivity contribution in [3.05, 3.63) is 12.1 Å². The lowest BCUT2D eigenvalue weighted by Gasteiger charge is -2.33. The lowest BCUT2D eigenvalue weighted by Crippen LogP contribution is -2.42. The molecule has 1 amide bonds. The van der Waals surface area contributed by atoms with Crippen LogP contribution < -0.4 is 20.5 Å². The van der Waals surface area contributed by atoms with Gasteiger partial charge in [0.15, 0.2) is 11.5 Å². The molecule has 1 aromatic carbocycles. The summed E-state index contributed by atoms with van der Waals surface area (Å²) in [6.07, 6.45) is 2.32. The number of hydrogen-bond acceptors (Lipinski definition) is 7. The van der Waals surface area contributed by atoms with Crippen molar-refractivity contribution < 1.29 is 14.3 Å². The van der Waals surface area contributed by atoms with Gasteiger partial charge >= 0.3 is 0 Å². The van der Waals surface area contributed by atoms with Crippen LogP contribution in [0.15, 0.2) is 12.1 Å². The van der Waals surface area contributed by atoms with E-state index < -0.39 is 0 Å². The highest BCUT2D eigenvalue weighted by molar-refractivity contribution is 5.91. The first-order valence-electron chi connectivity index (χ1n) is 9.64. The third-order valence-electron chi connectivity index (χ3n) is 4.99. The summed E-state index contributed by atoms with van der Waals surface area (Å²) in [5.41, 5.74) is 6.84. The molecule has 0 bridgehead atoms. The Morgan fingerprint density at radius 3 is 2.46 bits per heavy atom. The Morgan fingerprint density at radius 1 is 1.21 bits per heavy atom. The Kier molecular flexibility index (Phi) is 6.06. The highest BCUT2D eigenvalue weighted by Gasteiger charge is 2.24. The van der Waals surface area contributed by atoms with Crippen LogP contribution in [0.4, 0.5) is 11.8 Å². The molecule has 3 rings (SSSR count). The first kappa shape index (κ1) is 20.0. The van der Waals surface area contributed by atoms with Gasteiger partial charge in [0.1, 0.15) is 5.82 Å². The summed E-state index contributed by atoms with van der Waals surface area (Å²) >= 11 is 0. The third kappa shape index (κ3) is 4.37. The van der Waals surface area contributed by atoms with Gasteiger partial charge in [-0.15, -0.1) is 0 Å². The lowest BCUT2D eigenvalue weighted by atomic mass is 10.0. The molecule has 8 heteroatoms. The molecule has 0 unspecified atom stereocenters. The number of hydrogen-bond donors (Lipinski definition) is 2. The van der Waals surface area contributed by atoms with Crippen LogP contribution in [0.5, 0.6) is 11.5 Å². The highest BCUT2D eigenvalue weighted by Crippen LogP contribution is 2.33. The van der Waals surface area contributed by atoms with Crippen molar-refractivity contribution in [1.29, 1.82) is 0 Å². The average molecular weight is 387 g/mol. The number of benzene rings is 1. The number of rotatable bonds is 6. The number of carbonyl (C=O) groups is 1. The third-order valence-corrected chi connectivity index (χ3v) is 4.99. The maximum atomic E-state index is 12.2. The molecule has 0 aliphatic carbocycles. The minimum absolute atomic E-state index is 0.208. The Balaban J connectivity index is 1.70. The fourth-order valence-electron chi connectivity index (χ4n) is 3.48. The first-order valence-corrected chi connectivity index (χ1v) is 9.64.